The quantitative estimate of drug-likeness (QED) is 0.218. The average molecular weight is 535 g/mol. The lowest BCUT2D eigenvalue weighted by atomic mass is 9.84. The highest BCUT2D eigenvalue weighted by Crippen LogP contribution is 2.53. The van der Waals surface area contributed by atoms with E-state index in [-0.39, 0.29) is 11.3 Å². The second kappa shape index (κ2) is 12.1. The number of hydrogen-bond acceptors (Lipinski definition) is 4. The Balaban J connectivity index is 1.53. The van der Waals surface area contributed by atoms with Crippen LogP contribution in [0.25, 0.3) is 11.1 Å². The summed E-state index contributed by atoms with van der Waals surface area (Å²) >= 11 is 0. The van der Waals surface area contributed by atoms with Gasteiger partial charge >= 0.3 is 0 Å². The Morgan fingerprint density at radius 3 is 2.39 bits per heavy atom. The van der Waals surface area contributed by atoms with Gasteiger partial charge in [-0.15, -0.1) is 0 Å². The molecule has 204 valence electrons. The first-order valence-corrected chi connectivity index (χ1v) is 16.0. The molecule has 0 radical (unpaired) electrons. The highest BCUT2D eigenvalue weighted by molar-refractivity contribution is 7.58. The third-order valence-corrected chi connectivity index (χ3v) is 8.95. The molecule has 0 bridgehead atoms. The molecule has 0 saturated heterocycles. The molecule has 2 unspecified atom stereocenters. The molecule has 3 aromatic rings. The minimum Gasteiger partial charge on any atom is -0.497 e. The molecule has 0 N–H and O–H groups in total. The zero-order chi connectivity index (χ0) is 27.3. The van der Waals surface area contributed by atoms with Gasteiger partial charge in [-0.05, 0) is 95.5 Å². The summed E-state index contributed by atoms with van der Waals surface area (Å²) in [5.41, 5.74) is 6.21. The Morgan fingerprint density at radius 1 is 0.974 bits per heavy atom. The van der Waals surface area contributed by atoms with E-state index in [0.717, 1.165) is 29.0 Å². The molecule has 2 atom stereocenters. The van der Waals surface area contributed by atoms with Gasteiger partial charge in [0, 0.05) is 12.8 Å². The van der Waals surface area contributed by atoms with Gasteiger partial charge in [-0.2, -0.15) is 0 Å². The Hall–Kier alpha value is -2.55. The van der Waals surface area contributed by atoms with E-state index in [1.807, 2.05) is 25.1 Å². The number of hydrogen-bond donors (Lipinski definition) is 0. The van der Waals surface area contributed by atoms with Crippen LogP contribution < -0.4 is 9.47 Å². The fourth-order valence-electron chi connectivity index (χ4n) is 5.24. The molecule has 1 saturated carbocycles. The van der Waals surface area contributed by atoms with Gasteiger partial charge in [-0.1, -0.05) is 63.2 Å². The van der Waals surface area contributed by atoms with Crippen molar-refractivity contribution >= 4 is 7.37 Å². The van der Waals surface area contributed by atoms with Crippen LogP contribution in [0.15, 0.2) is 66.7 Å². The fraction of sp³-hybridized carbons (Fsp3) is 0.455. The highest BCUT2D eigenvalue weighted by atomic mass is 31.2. The predicted octanol–water partition coefficient (Wildman–Crippen LogP) is 8.97. The van der Waals surface area contributed by atoms with Crippen molar-refractivity contribution in [3.8, 4) is 22.6 Å². The average Bonchev–Trinajstić information content (AvgIpc) is 3.71. The lowest BCUT2D eigenvalue weighted by Gasteiger charge is -2.22. The van der Waals surface area contributed by atoms with Crippen LogP contribution in [0.3, 0.4) is 0 Å². The van der Waals surface area contributed by atoms with Crippen LogP contribution in [-0.4, -0.2) is 26.5 Å². The molecule has 38 heavy (non-hydrogen) atoms. The normalized spacial score (nSPS) is 16.1. The third-order valence-electron chi connectivity index (χ3n) is 7.08. The second-order valence-electron chi connectivity index (χ2n) is 11.9. The van der Waals surface area contributed by atoms with E-state index >= 15 is 0 Å². The Morgan fingerprint density at radius 2 is 1.71 bits per heavy atom. The molecular formula is C33H43O4P. The summed E-state index contributed by atoms with van der Waals surface area (Å²) in [5.74, 6) is 2.55. The van der Waals surface area contributed by atoms with Crippen molar-refractivity contribution < 1.29 is 18.6 Å². The molecule has 1 aliphatic rings. The van der Waals surface area contributed by atoms with E-state index in [4.69, 9.17) is 14.0 Å². The molecule has 5 heteroatoms. The van der Waals surface area contributed by atoms with Gasteiger partial charge in [0.1, 0.15) is 18.1 Å². The van der Waals surface area contributed by atoms with Crippen molar-refractivity contribution in [3.63, 3.8) is 0 Å². The van der Waals surface area contributed by atoms with Gasteiger partial charge in [0.15, 0.2) is 0 Å². The van der Waals surface area contributed by atoms with Crippen LogP contribution in [0, 0.1) is 11.3 Å². The Kier molecular flexibility index (Phi) is 9.06. The van der Waals surface area contributed by atoms with Crippen LogP contribution in [0.2, 0.25) is 0 Å². The van der Waals surface area contributed by atoms with Crippen LogP contribution in [-0.2, 0) is 22.1 Å². The molecule has 0 spiro atoms. The number of ether oxygens (including phenoxy) is 2. The van der Waals surface area contributed by atoms with Gasteiger partial charge in [0.2, 0.25) is 7.37 Å². The molecule has 1 fully saturated rings. The monoisotopic (exact) mass is 534 g/mol. The SMILES string of the molecule is CCOP(C)(=O)CC(c1cccc(OCc2ccc(-c3cccc(OC)c3)c(CC(C)(C)C)c2)c1)C1CC1. The van der Waals surface area contributed by atoms with E-state index in [9.17, 15) is 4.57 Å². The van der Waals surface area contributed by atoms with Crippen molar-refractivity contribution in [1.29, 1.82) is 0 Å². The summed E-state index contributed by atoms with van der Waals surface area (Å²) in [6, 6.07) is 23.3. The van der Waals surface area contributed by atoms with Crippen molar-refractivity contribution in [3.05, 3.63) is 83.4 Å². The first kappa shape index (κ1) is 28.5. The molecular weight excluding hydrogens is 491 g/mol. The van der Waals surface area contributed by atoms with Gasteiger partial charge in [-0.25, -0.2) is 0 Å². The zero-order valence-electron chi connectivity index (χ0n) is 23.8. The predicted molar refractivity (Wildman–Crippen MR) is 158 cm³/mol. The number of rotatable bonds is 12. The summed E-state index contributed by atoms with van der Waals surface area (Å²) in [5, 5.41) is 0. The van der Waals surface area contributed by atoms with Crippen molar-refractivity contribution in [2.24, 2.45) is 11.3 Å². The largest absolute Gasteiger partial charge is 0.497 e. The number of benzene rings is 3. The summed E-state index contributed by atoms with van der Waals surface area (Å²) in [6.45, 7) is 11.5. The molecule has 4 nitrogen and oxygen atoms in total. The third kappa shape index (κ3) is 7.98. The van der Waals surface area contributed by atoms with E-state index < -0.39 is 7.37 Å². The summed E-state index contributed by atoms with van der Waals surface area (Å²) in [4.78, 5) is 0. The van der Waals surface area contributed by atoms with E-state index in [1.165, 1.54) is 29.5 Å². The first-order chi connectivity index (χ1) is 18.1. The van der Waals surface area contributed by atoms with Crippen LogP contribution >= 0.6 is 7.37 Å². The second-order valence-corrected chi connectivity index (χ2v) is 14.5. The standard InChI is InChI=1S/C33H43O4P/c1-7-37-38(6,34)23-32(25-15-16-25)27-11-9-13-30(20-27)36-22-24-14-17-31(28(18-24)21-33(2,3)4)26-10-8-12-29(19-26)35-5/h8-14,17-20,25,32H,7,15-16,21-23H2,1-6H3. The number of methoxy groups -OCH3 is 1. The van der Waals surface area contributed by atoms with Crippen molar-refractivity contribution in [2.45, 2.75) is 59.5 Å². The maximum absolute atomic E-state index is 13.0. The lowest BCUT2D eigenvalue weighted by molar-refractivity contribution is 0.305. The Bertz CT molecular complexity index is 1270. The van der Waals surface area contributed by atoms with Crippen molar-refractivity contribution in [1.82, 2.24) is 0 Å². The molecule has 1 aliphatic carbocycles. The zero-order valence-corrected chi connectivity index (χ0v) is 24.7. The summed E-state index contributed by atoms with van der Waals surface area (Å²) < 4.78 is 30.4. The first-order valence-electron chi connectivity index (χ1n) is 13.8. The van der Waals surface area contributed by atoms with Crippen molar-refractivity contribution in [2.75, 3.05) is 26.5 Å². The molecule has 0 amide bonds. The minimum absolute atomic E-state index is 0.152. The molecule has 0 aliphatic heterocycles. The molecule has 3 aromatic carbocycles. The lowest BCUT2D eigenvalue weighted by Crippen LogP contribution is -2.11. The minimum atomic E-state index is -2.61. The van der Waals surface area contributed by atoms with Crippen LogP contribution in [0.1, 0.15) is 63.1 Å². The van der Waals surface area contributed by atoms with E-state index in [1.54, 1.807) is 13.8 Å². The van der Waals surface area contributed by atoms with Gasteiger partial charge in [0.05, 0.1) is 13.7 Å². The van der Waals surface area contributed by atoms with Crippen LogP contribution in [0.4, 0.5) is 0 Å². The fourth-order valence-corrected chi connectivity index (χ4v) is 7.11. The van der Waals surface area contributed by atoms with E-state index in [2.05, 4.69) is 69.3 Å². The maximum Gasteiger partial charge on any atom is 0.200 e. The summed E-state index contributed by atoms with van der Waals surface area (Å²) in [7, 11) is -0.908. The van der Waals surface area contributed by atoms with Gasteiger partial charge < -0.3 is 14.0 Å². The smallest absolute Gasteiger partial charge is 0.200 e. The highest BCUT2D eigenvalue weighted by Gasteiger charge is 2.36. The van der Waals surface area contributed by atoms with Crippen LogP contribution in [0.5, 0.6) is 11.5 Å². The Labute approximate surface area is 229 Å². The van der Waals surface area contributed by atoms with E-state index in [0.29, 0.717) is 25.3 Å². The van der Waals surface area contributed by atoms with Gasteiger partial charge in [-0.3, -0.25) is 4.57 Å². The molecule has 4 rings (SSSR count). The summed E-state index contributed by atoms with van der Waals surface area (Å²) in [6.07, 6.45) is 3.94. The molecule has 0 heterocycles. The van der Waals surface area contributed by atoms with Gasteiger partial charge in [0.25, 0.3) is 0 Å². The molecule has 0 aromatic heterocycles. The maximum atomic E-state index is 13.0. The topological polar surface area (TPSA) is 44.8 Å².